The number of ether oxygens (including phenoxy) is 5. The molecule has 45 heavy (non-hydrogen) atoms. The number of nitrogens with one attached hydrogen (secondary N) is 1. The Kier molecular flexibility index (Phi) is 10.5. The topological polar surface area (TPSA) is 75.3 Å². The molecular formula is C38H39NO6. The monoisotopic (exact) mass is 605 g/mol. The Hall–Kier alpha value is -4.11. The first-order valence-corrected chi connectivity index (χ1v) is 15.4. The highest BCUT2D eigenvalue weighted by Gasteiger charge is 2.57. The van der Waals surface area contributed by atoms with Gasteiger partial charge in [0.15, 0.2) is 5.72 Å². The van der Waals surface area contributed by atoms with Crippen molar-refractivity contribution in [1.82, 2.24) is 5.32 Å². The van der Waals surface area contributed by atoms with Crippen LogP contribution < -0.4 is 5.32 Å². The number of rotatable bonds is 13. The van der Waals surface area contributed by atoms with E-state index in [0.29, 0.717) is 32.8 Å². The van der Waals surface area contributed by atoms with Crippen LogP contribution in [0.1, 0.15) is 28.7 Å². The van der Waals surface area contributed by atoms with E-state index in [1.165, 1.54) is 6.08 Å². The predicted molar refractivity (Wildman–Crippen MR) is 171 cm³/mol. The van der Waals surface area contributed by atoms with Crippen LogP contribution in [-0.2, 0) is 54.9 Å². The lowest BCUT2D eigenvalue weighted by Crippen LogP contribution is -2.73. The van der Waals surface area contributed by atoms with Crippen LogP contribution in [0.15, 0.2) is 133 Å². The minimum absolute atomic E-state index is 0.228. The van der Waals surface area contributed by atoms with Gasteiger partial charge in [-0.2, -0.15) is 0 Å². The molecule has 4 aromatic rings. The van der Waals surface area contributed by atoms with E-state index in [0.717, 1.165) is 22.3 Å². The highest BCUT2D eigenvalue weighted by molar-refractivity contribution is 5.89. The minimum Gasteiger partial charge on any atom is -0.374 e. The van der Waals surface area contributed by atoms with Gasteiger partial charge in [-0.05, 0) is 28.3 Å². The molecule has 0 bridgehead atoms. The molecule has 1 saturated heterocycles. The minimum atomic E-state index is -1.19. The summed E-state index contributed by atoms with van der Waals surface area (Å²) < 4.78 is 33.3. The maximum absolute atomic E-state index is 12.9. The molecule has 5 atom stereocenters. The van der Waals surface area contributed by atoms with Crippen LogP contribution in [0.4, 0.5) is 0 Å². The standard InChI is InChI=1S/C38H39NO6/c40-34-22-13-23-38(39-34)37(44-27-32-20-11-4-12-21-32)36(43-26-31-18-9-3-10-19-31)35(42-25-30-16-7-2-8-17-30)33(45-38)28-41-24-29-14-5-1-6-15-29/h1-22,33,35-37H,23-28H2,(H,39,40)/t33-,35-,36+,37-,38-/m1/s1. The fourth-order valence-corrected chi connectivity index (χ4v) is 5.86. The van der Waals surface area contributed by atoms with Gasteiger partial charge in [-0.3, -0.25) is 4.79 Å². The van der Waals surface area contributed by atoms with Crippen LogP contribution in [0.5, 0.6) is 0 Å². The highest BCUT2D eigenvalue weighted by Crippen LogP contribution is 2.39. The Morgan fingerprint density at radius 1 is 0.622 bits per heavy atom. The van der Waals surface area contributed by atoms with Gasteiger partial charge < -0.3 is 29.0 Å². The molecule has 1 N–H and O–H groups in total. The van der Waals surface area contributed by atoms with Crippen molar-refractivity contribution in [2.24, 2.45) is 0 Å². The lowest BCUT2D eigenvalue weighted by Gasteiger charge is -2.53. The van der Waals surface area contributed by atoms with Crippen LogP contribution in [0.3, 0.4) is 0 Å². The summed E-state index contributed by atoms with van der Waals surface area (Å²) in [6.07, 6.45) is 1.33. The number of carbonyl (C=O) groups excluding carboxylic acids is 1. The molecule has 0 aliphatic carbocycles. The molecule has 7 heteroatoms. The first kappa shape index (κ1) is 30.9. The number of amides is 1. The van der Waals surface area contributed by atoms with E-state index in [1.54, 1.807) is 0 Å². The first-order chi connectivity index (χ1) is 22.2. The molecule has 2 aliphatic heterocycles. The molecule has 1 spiro atoms. The molecule has 1 amide bonds. The fraction of sp³-hybridized carbons (Fsp3) is 0.289. The van der Waals surface area contributed by atoms with Crippen molar-refractivity contribution < 1.29 is 28.5 Å². The van der Waals surface area contributed by atoms with Crippen molar-refractivity contribution in [3.63, 3.8) is 0 Å². The van der Waals surface area contributed by atoms with Crippen molar-refractivity contribution in [3.8, 4) is 0 Å². The Labute approximate surface area is 264 Å². The van der Waals surface area contributed by atoms with Gasteiger partial charge in [-0.15, -0.1) is 0 Å². The van der Waals surface area contributed by atoms with Crippen LogP contribution >= 0.6 is 0 Å². The summed E-state index contributed by atoms with van der Waals surface area (Å²) in [4.78, 5) is 12.9. The number of benzene rings is 4. The second-order valence-corrected chi connectivity index (χ2v) is 11.4. The van der Waals surface area contributed by atoms with Crippen LogP contribution in [0.25, 0.3) is 0 Å². The quantitative estimate of drug-likeness (QED) is 0.198. The highest BCUT2D eigenvalue weighted by atomic mass is 16.6. The maximum Gasteiger partial charge on any atom is 0.245 e. The van der Waals surface area contributed by atoms with E-state index in [4.69, 9.17) is 23.7 Å². The summed E-state index contributed by atoms with van der Waals surface area (Å²) in [6.45, 7) is 1.63. The largest absolute Gasteiger partial charge is 0.374 e. The van der Waals surface area contributed by atoms with Gasteiger partial charge in [-0.1, -0.05) is 127 Å². The van der Waals surface area contributed by atoms with Gasteiger partial charge in [0.2, 0.25) is 5.91 Å². The van der Waals surface area contributed by atoms with Crippen LogP contribution in [-0.4, -0.2) is 42.7 Å². The van der Waals surface area contributed by atoms with E-state index in [-0.39, 0.29) is 12.5 Å². The van der Waals surface area contributed by atoms with E-state index >= 15 is 0 Å². The zero-order valence-corrected chi connectivity index (χ0v) is 25.2. The third-order valence-corrected chi connectivity index (χ3v) is 8.07. The molecule has 0 unspecified atom stereocenters. The molecule has 7 nitrogen and oxygen atoms in total. The summed E-state index contributed by atoms with van der Waals surface area (Å²) >= 11 is 0. The third kappa shape index (κ3) is 8.14. The number of carbonyl (C=O) groups is 1. The first-order valence-electron chi connectivity index (χ1n) is 15.4. The molecule has 0 radical (unpaired) electrons. The molecule has 2 heterocycles. The van der Waals surface area contributed by atoms with Crippen molar-refractivity contribution in [2.75, 3.05) is 6.61 Å². The summed E-state index contributed by atoms with van der Waals surface area (Å²) in [6, 6.07) is 40.0. The zero-order chi connectivity index (χ0) is 30.7. The molecule has 4 aromatic carbocycles. The maximum atomic E-state index is 12.9. The molecule has 232 valence electrons. The van der Waals surface area contributed by atoms with Crippen LogP contribution in [0, 0.1) is 0 Å². The van der Waals surface area contributed by atoms with Gasteiger partial charge in [0.05, 0.1) is 33.0 Å². The van der Waals surface area contributed by atoms with Crippen LogP contribution in [0.2, 0.25) is 0 Å². The van der Waals surface area contributed by atoms with Gasteiger partial charge in [0.1, 0.15) is 24.4 Å². The van der Waals surface area contributed by atoms with Crippen molar-refractivity contribution >= 4 is 5.91 Å². The molecule has 0 aromatic heterocycles. The molecule has 1 fully saturated rings. The fourth-order valence-electron chi connectivity index (χ4n) is 5.86. The Morgan fingerprint density at radius 2 is 1.09 bits per heavy atom. The van der Waals surface area contributed by atoms with Gasteiger partial charge in [0.25, 0.3) is 0 Å². The third-order valence-electron chi connectivity index (χ3n) is 8.07. The van der Waals surface area contributed by atoms with Gasteiger partial charge in [-0.25, -0.2) is 0 Å². The number of hydrogen-bond acceptors (Lipinski definition) is 6. The Bertz CT molecular complexity index is 1500. The lowest BCUT2D eigenvalue weighted by atomic mass is 9.86. The average Bonchev–Trinajstić information content (AvgIpc) is 3.08. The van der Waals surface area contributed by atoms with Crippen molar-refractivity contribution in [1.29, 1.82) is 0 Å². The summed E-state index contributed by atoms with van der Waals surface area (Å²) in [5.74, 6) is -0.246. The normalized spacial score (nSPS) is 24.4. The number of hydrogen-bond donors (Lipinski definition) is 1. The average molecular weight is 606 g/mol. The van der Waals surface area contributed by atoms with E-state index < -0.39 is 30.1 Å². The van der Waals surface area contributed by atoms with Crippen molar-refractivity contribution in [3.05, 3.63) is 156 Å². The van der Waals surface area contributed by atoms with E-state index in [2.05, 4.69) is 5.32 Å². The molecule has 6 rings (SSSR count). The van der Waals surface area contributed by atoms with E-state index in [9.17, 15) is 4.79 Å². The summed E-state index contributed by atoms with van der Waals surface area (Å²) in [5, 5.41) is 3.11. The second kappa shape index (κ2) is 15.3. The predicted octanol–water partition coefficient (Wildman–Crippen LogP) is 6.13. The molecule has 0 saturated carbocycles. The van der Waals surface area contributed by atoms with Crippen molar-refractivity contribution in [2.45, 2.75) is 63.0 Å². The summed E-state index contributed by atoms with van der Waals surface area (Å²) in [5.41, 5.74) is 2.92. The Balaban J connectivity index is 1.33. The smallest absolute Gasteiger partial charge is 0.245 e. The van der Waals surface area contributed by atoms with E-state index in [1.807, 2.05) is 127 Å². The zero-order valence-electron chi connectivity index (χ0n) is 25.2. The Morgan fingerprint density at radius 3 is 1.60 bits per heavy atom. The molecular weight excluding hydrogens is 566 g/mol. The van der Waals surface area contributed by atoms with Gasteiger partial charge in [0, 0.05) is 6.42 Å². The lowest BCUT2D eigenvalue weighted by molar-refractivity contribution is -0.314. The van der Waals surface area contributed by atoms with Gasteiger partial charge >= 0.3 is 0 Å². The SMILES string of the molecule is O=C1C=CC[C@@]2(N1)O[C@H](COCc1ccccc1)[C@@H](OCc1ccccc1)[C@H](OCc1ccccc1)[C@H]2OCc1ccccc1. The second-order valence-electron chi connectivity index (χ2n) is 11.4. The molecule has 2 aliphatic rings. The summed E-state index contributed by atoms with van der Waals surface area (Å²) in [7, 11) is 0.